The molecular formula is C16H13ClINO4. The van der Waals surface area contributed by atoms with E-state index in [1.165, 1.54) is 13.2 Å². The van der Waals surface area contributed by atoms with E-state index in [1.807, 2.05) is 40.8 Å². The van der Waals surface area contributed by atoms with Crippen LogP contribution in [0.1, 0.15) is 10.4 Å². The van der Waals surface area contributed by atoms with Crippen LogP contribution in [0.5, 0.6) is 5.75 Å². The number of anilines is 1. The van der Waals surface area contributed by atoms with Crippen molar-refractivity contribution < 1.29 is 19.1 Å². The Kier molecular flexibility index (Phi) is 6.23. The lowest BCUT2D eigenvalue weighted by Gasteiger charge is -2.19. The van der Waals surface area contributed by atoms with Gasteiger partial charge in [0.25, 0.3) is 5.91 Å². The first kappa shape index (κ1) is 17.6. The second-order valence-corrected chi connectivity index (χ2v) is 5.88. The summed E-state index contributed by atoms with van der Waals surface area (Å²) in [7, 11) is 1.28. The van der Waals surface area contributed by atoms with Crippen LogP contribution in [0.3, 0.4) is 0 Å². The van der Waals surface area contributed by atoms with Crippen LogP contribution in [0.4, 0.5) is 5.69 Å². The summed E-state index contributed by atoms with van der Waals surface area (Å²) in [5.41, 5.74) is 0.662. The minimum absolute atomic E-state index is 0.303. The molecule has 7 heteroatoms. The highest BCUT2D eigenvalue weighted by Gasteiger charge is 2.24. The summed E-state index contributed by atoms with van der Waals surface area (Å²) < 4.78 is 10.3. The highest BCUT2D eigenvalue weighted by Crippen LogP contribution is 2.23. The standard InChI is InChI=1S/C16H13ClINO4/c1-22-16(21)11-6-5-7-12(10-11)19(17)15(20)14(18)23-13-8-3-2-4-9-13/h2-10,14H,1H3. The van der Waals surface area contributed by atoms with Crippen molar-refractivity contribution in [2.24, 2.45) is 0 Å². The van der Waals surface area contributed by atoms with Crippen LogP contribution < -0.4 is 9.16 Å². The lowest BCUT2D eigenvalue weighted by molar-refractivity contribution is -0.120. The molecule has 0 bridgehead atoms. The van der Waals surface area contributed by atoms with E-state index in [9.17, 15) is 9.59 Å². The Balaban J connectivity index is 2.11. The van der Waals surface area contributed by atoms with Crippen molar-refractivity contribution in [3.8, 4) is 5.75 Å². The average molecular weight is 446 g/mol. The van der Waals surface area contributed by atoms with E-state index < -0.39 is 16.0 Å². The Labute approximate surface area is 152 Å². The van der Waals surface area contributed by atoms with Gasteiger partial charge in [0.05, 0.1) is 18.4 Å². The summed E-state index contributed by atoms with van der Waals surface area (Å²) >= 11 is 7.94. The predicted octanol–water partition coefficient (Wildman–Crippen LogP) is 3.80. The maximum atomic E-state index is 12.3. The molecular weight excluding hydrogens is 433 g/mol. The fourth-order valence-corrected chi connectivity index (χ4v) is 2.69. The van der Waals surface area contributed by atoms with E-state index in [4.69, 9.17) is 16.5 Å². The minimum Gasteiger partial charge on any atom is -0.470 e. The third-order valence-electron chi connectivity index (χ3n) is 2.86. The highest BCUT2D eigenvalue weighted by molar-refractivity contribution is 14.1. The van der Waals surface area contributed by atoms with Crippen molar-refractivity contribution in [3.63, 3.8) is 0 Å². The molecule has 0 spiro atoms. The Morgan fingerprint density at radius 3 is 2.48 bits per heavy atom. The zero-order chi connectivity index (χ0) is 16.8. The third kappa shape index (κ3) is 4.59. The van der Waals surface area contributed by atoms with Crippen molar-refractivity contribution in [1.29, 1.82) is 0 Å². The summed E-state index contributed by atoms with van der Waals surface area (Å²) in [6, 6.07) is 15.2. The molecule has 0 fully saturated rings. The number of esters is 1. The number of rotatable bonds is 5. The Morgan fingerprint density at radius 2 is 1.83 bits per heavy atom. The second-order valence-electron chi connectivity index (χ2n) is 4.41. The number of hydrogen-bond donors (Lipinski definition) is 0. The fourth-order valence-electron chi connectivity index (χ4n) is 1.76. The van der Waals surface area contributed by atoms with Crippen molar-refractivity contribution in [2.75, 3.05) is 11.5 Å². The molecule has 1 atom stereocenters. The van der Waals surface area contributed by atoms with E-state index >= 15 is 0 Å². The van der Waals surface area contributed by atoms with Gasteiger partial charge in [-0.05, 0) is 52.9 Å². The molecule has 1 unspecified atom stereocenters. The number of carbonyl (C=O) groups excluding carboxylic acids is 2. The van der Waals surface area contributed by atoms with Gasteiger partial charge >= 0.3 is 5.97 Å². The molecule has 0 aliphatic heterocycles. The molecule has 5 nitrogen and oxygen atoms in total. The monoisotopic (exact) mass is 445 g/mol. The molecule has 2 aromatic carbocycles. The number of nitrogens with zero attached hydrogens (tertiary/aromatic N) is 1. The Morgan fingerprint density at radius 1 is 1.13 bits per heavy atom. The van der Waals surface area contributed by atoms with Gasteiger partial charge in [0.1, 0.15) is 5.75 Å². The van der Waals surface area contributed by atoms with Gasteiger partial charge in [-0.1, -0.05) is 24.3 Å². The number of amides is 1. The highest BCUT2D eigenvalue weighted by atomic mass is 127. The topological polar surface area (TPSA) is 55.8 Å². The number of methoxy groups -OCH3 is 1. The molecule has 23 heavy (non-hydrogen) atoms. The van der Waals surface area contributed by atoms with Gasteiger partial charge in [-0.15, -0.1) is 0 Å². The first-order valence-corrected chi connectivity index (χ1v) is 8.15. The number of ether oxygens (including phenoxy) is 2. The second kappa shape index (κ2) is 8.16. The quantitative estimate of drug-likeness (QED) is 0.304. The maximum Gasteiger partial charge on any atom is 0.337 e. The van der Waals surface area contributed by atoms with Gasteiger partial charge in [0.15, 0.2) is 0 Å². The summed E-state index contributed by atoms with van der Waals surface area (Å²) in [6.45, 7) is 0. The maximum absolute atomic E-state index is 12.3. The molecule has 2 aromatic rings. The Hall–Kier alpha value is -1.80. The largest absolute Gasteiger partial charge is 0.470 e. The zero-order valence-corrected chi connectivity index (χ0v) is 15.0. The normalized spacial score (nSPS) is 11.4. The average Bonchev–Trinajstić information content (AvgIpc) is 2.60. The lowest BCUT2D eigenvalue weighted by Crippen LogP contribution is -2.32. The molecule has 0 saturated heterocycles. The number of hydrogen-bond acceptors (Lipinski definition) is 4. The lowest BCUT2D eigenvalue weighted by atomic mass is 10.2. The van der Waals surface area contributed by atoms with Crippen LogP contribution in [0.15, 0.2) is 54.6 Å². The number of carbonyl (C=O) groups is 2. The van der Waals surface area contributed by atoms with E-state index in [0.29, 0.717) is 17.0 Å². The van der Waals surface area contributed by atoms with Crippen molar-refractivity contribution in [3.05, 3.63) is 60.2 Å². The van der Waals surface area contributed by atoms with Crippen LogP contribution in [-0.4, -0.2) is 23.1 Å². The number of alkyl halides is 1. The molecule has 0 saturated carbocycles. The first-order chi connectivity index (χ1) is 11.0. The molecule has 0 radical (unpaired) electrons. The molecule has 0 aliphatic rings. The zero-order valence-electron chi connectivity index (χ0n) is 12.1. The van der Waals surface area contributed by atoms with Crippen molar-refractivity contribution in [1.82, 2.24) is 0 Å². The van der Waals surface area contributed by atoms with E-state index in [-0.39, 0.29) is 0 Å². The van der Waals surface area contributed by atoms with Gasteiger partial charge in [-0.3, -0.25) is 4.79 Å². The predicted molar refractivity (Wildman–Crippen MR) is 96.0 cm³/mol. The molecule has 0 heterocycles. The SMILES string of the molecule is COC(=O)c1cccc(N(Cl)C(=O)C(I)Oc2ccccc2)c1. The van der Waals surface area contributed by atoms with Crippen LogP contribution in [0.2, 0.25) is 0 Å². The van der Waals surface area contributed by atoms with Crippen molar-refractivity contribution in [2.45, 2.75) is 4.11 Å². The van der Waals surface area contributed by atoms with Gasteiger partial charge < -0.3 is 9.47 Å². The number of halogens is 2. The molecule has 1 amide bonds. The van der Waals surface area contributed by atoms with Gasteiger partial charge in [0, 0.05) is 11.8 Å². The smallest absolute Gasteiger partial charge is 0.337 e. The van der Waals surface area contributed by atoms with E-state index in [0.717, 1.165) is 4.42 Å². The summed E-state index contributed by atoms with van der Waals surface area (Å²) in [5.74, 6) is -0.400. The summed E-state index contributed by atoms with van der Waals surface area (Å²) in [6.07, 6.45) is 0. The van der Waals surface area contributed by atoms with Crippen LogP contribution in [0, 0.1) is 0 Å². The third-order valence-corrected chi connectivity index (χ3v) is 4.01. The number of para-hydroxylation sites is 1. The molecule has 2 rings (SSSR count). The summed E-state index contributed by atoms with van der Waals surface area (Å²) in [5, 5.41) is 0. The molecule has 120 valence electrons. The minimum atomic E-state index is -0.811. The first-order valence-electron chi connectivity index (χ1n) is 6.57. The fraction of sp³-hybridized carbons (Fsp3) is 0.125. The summed E-state index contributed by atoms with van der Waals surface area (Å²) in [4.78, 5) is 23.9. The van der Waals surface area contributed by atoms with Gasteiger partial charge in [-0.25, -0.2) is 9.21 Å². The molecule has 0 N–H and O–H groups in total. The van der Waals surface area contributed by atoms with Gasteiger partial charge in [0.2, 0.25) is 4.11 Å². The molecule has 0 aliphatic carbocycles. The van der Waals surface area contributed by atoms with Gasteiger partial charge in [-0.2, -0.15) is 0 Å². The van der Waals surface area contributed by atoms with Crippen LogP contribution in [-0.2, 0) is 9.53 Å². The number of benzene rings is 2. The van der Waals surface area contributed by atoms with E-state index in [1.54, 1.807) is 30.3 Å². The van der Waals surface area contributed by atoms with E-state index in [2.05, 4.69) is 4.74 Å². The van der Waals surface area contributed by atoms with Crippen molar-refractivity contribution >= 4 is 51.9 Å². The van der Waals surface area contributed by atoms with Crippen LogP contribution >= 0.6 is 34.4 Å². The van der Waals surface area contributed by atoms with Crippen LogP contribution in [0.25, 0.3) is 0 Å². The Bertz CT molecular complexity index is 695. The molecule has 0 aromatic heterocycles.